The van der Waals surface area contributed by atoms with Crippen molar-refractivity contribution in [1.29, 1.82) is 0 Å². The summed E-state index contributed by atoms with van der Waals surface area (Å²) in [6, 6.07) is 8.70. The van der Waals surface area contributed by atoms with Crippen molar-refractivity contribution in [1.82, 2.24) is 0 Å². The number of allylic oxidation sites excluding steroid dienone is 1. The number of benzene rings is 1. The first-order chi connectivity index (χ1) is 8.24. The number of anilines is 1. The van der Waals surface area contributed by atoms with Crippen molar-refractivity contribution >= 4 is 5.69 Å². The fourth-order valence-electron chi connectivity index (χ4n) is 1.55. The summed E-state index contributed by atoms with van der Waals surface area (Å²) in [5, 5.41) is 0. The van der Waals surface area contributed by atoms with E-state index in [1.165, 1.54) is 11.3 Å². The normalized spacial score (nSPS) is 10.8. The molecule has 0 spiro atoms. The van der Waals surface area contributed by atoms with E-state index in [1.54, 1.807) is 6.26 Å². The Kier molecular flexibility index (Phi) is 6.23. The van der Waals surface area contributed by atoms with Gasteiger partial charge in [-0.15, -0.1) is 0 Å². The van der Waals surface area contributed by atoms with Crippen molar-refractivity contribution in [2.24, 2.45) is 0 Å². The third kappa shape index (κ3) is 5.43. The Labute approximate surface area is 105 Å². The Balaban J connectivity index is 2.25. The second kappa shape index (κ2) is 7.77. The zero-order valence-corrected chi connectivity index (χ0v) is 11.1. The largest absolute Gasteiger partial charge is 0.502 e. The first-order valence-corrected chi connectivity index (χ1v) is 6.27. The number of ether oxygens (including phenoxy) is 1. The maximum Gasteiger partial charge on any atom is 0.0876 e. The first kappa shape index (κ1) is 13.6. The number of nitrogens with zero attached hydrogens (tertiary/aromatic N) is 1. The quantitative estimate of drug-likeness (QED) is 0.527. The van der Waals surface area contributed by atoms with E-state index in [2.05, 4.69) is 50.2 Å². The minimum Gasteiger partial charge on any atom is -0.502 e. The Morgan fingerprint density at radius 1 is 1.18 bits per heavy atom. The standard InChI is InChI=1S/C15H23NO/c1-4-5-12-17-13-6-7-14-8-10-15(11-9-14)16(2)3/h5,8-12H,4,6-7,13H2,1-3H3. The summed E-state index contributed by atoms with van der Waals surface area (Å²) in [7, 11) is 4.12. The molecule has 2 heteroatoms. The van der Waals surface area contributed by atoms with Gasteiger partial charge < -0.3 is 9.64 Å². The van der Waals surface area contributed by atoms with Gasteiger partial charge in [0.1, 0.15) is 0 Å². The molecule has 0 heterocycles. The summed E-state index contributed by atoms with van der Waals surface area (Å²) >= 11 is 0. The van der Waals surface area contributed by atoms with Gasteiger partial charge in [-0.3, -0.25) is 0 Å². The molecule has 0 bridgehead atoms. The van der Waals surface area contributed by atoms with Gasteiger partial charge in [-0.1, -0.05) is 25.1 Å². The molecule has 0 saturated heterocycles. The predicted molar refractivity (Wildman–Crippen MR) is 74.5 cm³/mol. The van der Waals surface area contributed by atoms with Crippen LogP contribution < -0.4 is 4.90 Å². The van der Waals surface area contributed by atoms with Crippen molar-refractivity contribution in [3.63, 3.8) is 0 Å². The molecule has 0 N–H and O–H groups in total. The minimum absolute atomic E-state index is 0.798. The van der Waals surface area contributed by atoms with Crippen LogP contribution in [0.15, 0.2) is 36.6 Å². The Morgan fingerprint density at radius 3 is 2.47 bits per heavy atom. The number of rotatable bonds is 7. The Bertz CT molecular complexity index is 327. The highest BCUT2D eigenvalue weighted by molar-refractivity contribution is 5.45. The van der Waals surface area contributed by atoms with Crippen molar-refractivity contribution in [3.8, 4) is 0 Å². The molecule has 0 unspecified atom stereocenters. The van der Waals surface area contributed by atoms with E-state index in [0.717, 1.165) is 25.9 Å². The fraction of sp³-hybridized carbons (Fsp3) is 0.467. The van der Waals surface area contributed by atoms with E-state index in [1.807, 2.05) is 6.08 Å². The Morgan fingerprint density at radius 2 is 1.88 bits per heavy atom. The summed E-state index contributed by atoms with van der Waals surface area (Å²) < 4.78 is 5.37. The van der Waals surface area contributed by atoms with Gasteiger partial charge in [-0.2, -0.15) is 0 Å². The predicted octanol–water partition coefficient (Wildman–Crippen LogP) is 3.63. The van der Waals surface area contributed by atoms with E-state index in [4.69, 9.17) is 4.74 Å². The first-order valence-electron chi connectivity index (χ1n) is 6.27. The van der Waals surface area contributed by atoms with Crippen LogP contribution in [0.3, 0.4) is 0 Å². The van der Waals surface area contributed by atoms with Crippen LogP contribution in [0.2, 0.25) is 0 Å². The number of hydrogen-bond acceptors (Lipinski definition) is 2. The average Bonchev–Trinajstić information content (AvgIpc) is 2.34. The molecule has 0 atom stereocenters. The molecule has 1 rings (SSSR count). The molecule has 0 fully saturated rings. The van der Waals surface area contributed by atoms with Crippen LogP contribution in [0, 0.1) is 0 Å². The molecule has 1 aromatic rings. The lowest BCUT2D eigenvalue weighted by atomic mass is 10.1. The monoisotopic (exact) mass is 233 g/mol. The Hall–Kier alpha value is -1.44. The number of aryl methyl sites for hydroxylation is 1. The highest BCUT2D eigenvalue weighted by Crippen LogP contribution is 2.13. The SMILES string of the molecule is CCC=COCCCc1ccc(N(C)C)cc1. The summed E-state index contributed by atoms with van der Waals surface area (Å²) in [6.07, 6.45) is 7.01. The molecule has 0 amide bonds. The molecule has 17 heavy (non-hydrogen) atoms. The van der Waals surface area contributed by atoms with E-state index in [9.17, 15) is 0 Å². The van der Waals surface area contributed by atoms with E-state index < -0.39 is 0 Å². The average molecular weight is 233 g/mol. The molecule has 1 aromatic carbocycles. The van der Waals surface area contributed by atoms with Crippen LogP contribution in [0.25, 0.3) is 0 Å². The summed E-state index contributed by atoms with van der Waals surface area (Å²) in [6.45, 7) is 2.90. The van der Waals surface area contributed by atoms with Crippen molar-refractivity contribution in [3.05, 3.63) is 42.2 Å². The van der Waals surface area contributed by atoms with Crippen molar-refractivity contribution < 1.29 is 4.74 Å². The number of hydrogen-bond donors (Lipinski definition) is 0. The van der Waals surface area contributed by atoms with Gasteiger partial charge in [0.15, 0.2) is 0 Å². The molecule has 0 aliphatic carbocycles. The fourth-order valence-corrected chi connectivity index (χ4v) is 1.55. The van der Waals surface area contributed by atoms with Crippen molar-refractivity contribution in [2.45, 2.75) is 26.2 Å². The molecular weight excluding hydrogens is 210 g/mol. The van der Waals surface area contributed by atoms with Crippen LogP contribution in [0.1, 0.15) is 25.3 Å². The molecule has 0 aromatic heterocycles. The third-order valence-electron chi connectivity index (χ3n) is 2.61. The van der Waals surface area contributed by atoms with Crippen LogP contribution in [-0.2, 0) is 11.2 Å². The lowest BCUT2D eigenvalue weighted by Crippen LogP contribution is -2.08. The van der Waals surface area contributed by atoms with Crippen LogP contribution in [0.5, 0.6) is 0 Å². The maximum absolute atomic E-state index is 5.37. The zero-order chi connectivity index (χ0) is 12.5. The van der Waals surface area contributed by atoms with Crippen LogP contribution >= 0.6 is 0 Å². The summed E-state index contributed by atoms with van der Waals surface area (Å²) in [5.74, 6) is 0. The van der Waals surface area contributed by atoms with Gasteiger partial charge >= 0.3 is 0 Å². The third-order valence-corrected chi connectivity index (χ3v) is 2.61. The van der Waals surface area contributed by atoms with Gasteiger partial charge in [-0.05, 0) is 37.0 Å². The summed E-state index contributed by atoms with van der Waals surface area (Å²) in [4.78, 5) is 2.11. The topological polar surface area (TPSA) is 12.5 Å². The van der Waals surface area contributed by atoms with Gasteiger partial charge in [0.25, 0.3) is 0 Å². The highest BCUT2D eigenvalue weighted by atomic mass is 16.5. The van der Waals surface area contributed by atoms with E-state index in [0.29, 0.717) is 0 Å². The highest BCUT2D eigenvalue weighted by Gasteiger charge is 1.96. The van der Waals surface area contributed by atoms with Gasteiger partial charge in [-0.25, -0.2) is 0 Å². The smallest absolute Gasteiger partial charge is 0.0876 e. The lowest BCUT2D eigenvalue weighted by molar-refractivity contribution is 0.244. The van der Waals surface area contributed by atoms with Gasteiger partial charge in [0, 0.05) is 19.8 Å². The summed E-state index contributed by atoms with van der Waals surface area (Å²) in [5.41, 5.74) is 2.62. The van der Waals surface area contributed by atoms with Gasteiger partial charge in [0.05, 0.1) is 12.9 Å². The zero-order valence-electron chi connectivity index (χ0n) is 11.1. The van der Waals surface area contributed by atoms with Crippen molar-refractivity contribution in [2.75, 3.05) is 25.6 Å². The van der Waals surface area contributed by atoms with E-state index in [-0.39, 0.29) is 0 Å². The molecule has 0 saturated carbocycles. The molecule has 94 valence electrons. The van der Waals surface area contributed by atoms with Crippen LogP contribution in [0.4, 0.5) is 5.69 Å². The second-order valence-electron chi connectivity index (χ2n) is 4.32. The molecule has 0 radical (unpaired) electrons. The minimum atomic E-state index is 0.798. The lowest BCUT2D eigenvalue weighted by Gasteiger charge is -2.12. The maximum atomic E-state index is 5.37. The molecule has 0 aliphatic heterocycles. The second-order valence-corrected chi connectivity index (χ2v) is 4.32. The van der Waals surface area contributed by atoms with Crippen LogP contribution in [-0.4, -0.2) is 20.7 Å². The van der Waals surface area contributed by atoms with Gasteiger partial charge in [0.2, 0.25) is 0 Å². The molecular formula is C15H23NO. The molecule has 0 aliphatic rings. The van der Waals surface area contributed by atoms with E-state index >= 15 is 0 Å². The molecule has 2 nitrogen and oxygen atoms in total.